The van der Waals surface area contributed by atoms with Gasteiger partial charge in [0.25, 0.3) is 5.17 Å². The summed E-state index contributed by atoms with van der Waals surface area (Å²) in [6.07, 6.45) is 1.45. The second kappa shape index (κ2) is 6.61. The Morgan fingerprint density at radius 2 is 1.67 bits per heavy atom. The summed E-state index contributed by atoms with van der Waals surface area (Å²) in [5.74, 6) is -0.632. The summed E-state index contributed by atoms with van der Waals surface area (Å²) in [6, 6.07) is 9.53. The Morgan fingerprint density at radius 1 is 1.08 bits per heavy atom. The zero-order valence-electron chi connectivity index (χ0n) is 11.8. The van der Waals surface area contributed by atoms with Gasteiger partial charge in [-0.25, -0.2) is 4.90 Å². The molecule has 1 aliphatic rings. The van der Waals surface area contributed by atoms with E-state index in [1.165, 1.54) is 23.1 Å². The molecule has 122 valence electrons. The maximum atomic E-state index is 12.5. The molecule has 1 fully saturated rings. The van der Waals surface area contributed by atoms with Crippen molar-refractivity contribution in [1.82, 2.24) is 0 Å². The molecule has 0 spiro atoms. The second-order valence-electron chi connectivity index (χ2n) is 4.83. The SMILES string of the molecule is O=C1C(=Cc2cc(Cl)c(O)c(Cl)c2)OC(=S)N1c1ccc(Cl)cc1. The van der Waals surface area contributed by atoms with Crippen LogP contribution in [0.1, 0.15) is 5.56 Å². The molecule has 0 saturated carbocycles. The number of hydrogen-bond donors (Lipinski definition) is 1. The molecule has 0 bridgehead atoms. The fourth-order valence-corrected chi connectivity index (χ4v) is 3.01. The van der Waals surface area contributed by atoms with Crippen LogP contribution in [0.4, 0.5) is 5.69 Å². The quantitative estimate of drug-likeness (QED) is 0.566. The summed E-state index contributed by atoms with van der Waals surface area (Å²) in [6.45, 7) is 0. The van der Waals surface area contributed by atoms with Crippen LogP contribution in [-0.4, -0.2) is 16.2 Å². The summed E-state index contributed by atoms with van der Waals surface area (Å²) in [5, 5.41) is 10.3. The summed E-state index contributed by atoms with van der Waals surface area (Å²) >= 11 is 22.7. The highest BCUT2D eigenvalue weighted by Gasteiger charge is 2.34. The predicted molar refractivity (Wildman–Crippen MR) is 98.7 cm³/mol. The van der Waals surface area contributed by atoms with Gasteiger partial charge in [-0.2, -0.15) is 0 Å². The number of thiocarbonyl (C=S) groups is 1. The molecule has 2 aromatic rings. The molecule has 4 nitrogen and oxygen atoms in total. The molecular weight excluding hydrogens is 393 g/mol. The van der Waals surface area contributed by atoms with Crippen LogP contribution in [0.25, 0.3) is 6.08 Å². The highest BCUT2D eigenvalue weighted by atomic mass is 35.5. The van der Waals surface area contributed by atoms with Gasteiger partial charge in [0.05, 0.1) is 15.7 Å². The van der Waals surface area contributed by atoms with Crippen LogP contribution < -0.4 is 4.90 Å². The number of halogens is 3. The highest BCUT2D eigenvalue weighted by Crippen LogP contribution is 2.34. The first-order valence-corrected chi connectivity index (χ1v) is 8.12. The average molecular weight is 401 g/mol. The number of phenols is 1. The number of hydrogen-bond acceptors (Lipinski definition) is 4. The van der Waals surface area contributed by atoms with Crippen molar-refractivity contribution in [2.45, 2.75) is 0 Å². The summed E-state index contributed by atoms with van der Waals surface area (Å²) < 4.78 is 5.37. The van der Waals surface area contributed by atoms with Crippen molar-refractivity contribution in [3.63, 3.8) is 0 Å². The maximum absolute atomic E-state index is 12.5. The number of rotatable bonds is 2. The normalized spacial score (nSPS) is 16.0. The third kappa shape index (κ3) is 3.21. The van der Waals surface area contributed by atoms with Crippen LogP contribution in [0.5, 0.6) is 5.75 Å². The van der Waals surface area contributed by atoms with Crippen molar-refractivity contribution in [2.24, 2.45) is 0 Å². The van der Waals surface area contributed by atoms with Gasteiger partial charge in [-0.15, -0.1) is 0 Å². The van der Waals surface area contributed by atoms with Gasteiger partial charge >= 0.3 is 5.91 Å². The minimum absolute atomic E-state index is 0.00421. The van der Waals surface area contributed by atoms with Gasteiger partial charge in [0.15, 0.2) is 11.5 Å². The van der Waals surface area contributed by atoms with E-state index in [0.717, 1.165) is 0 Å². The van der Waals surface area contributed by atoms with E-state index in [4.69, 9.17) is 51.8 Å². The Hall–Kier alpha value is -1.79. The van der Waals surface area contributed by atoms with Gasteiger partial charge in [-0.1, -0.05) is 34.8 Å². The molecule has 2 aromatic carbocycles. The van der Waals surface area contributed by atoms with Crippen molar-refractivity contribution in [2.75, 3.05) is 4.90 Å². The number of aromatic hydroxyl groups is 1. The topological polar surface area (TPSA) is 49.8 Å². The first kappa shape index (κ1) is 17.0. The molecule has 24 heavy (non-hydrogen) atoms. The first-order valence-electron chi connectivity index (χ1n) is 6.58. The molecule has 0 aliphatic carbocycles. The lowest BCUT2D eigenvalue weighted by atomic mass is 10.2. The Bertz CT molecular complexity index is 858. The molecule has 0 aromatic heterocycles. The minimum atomic E-state index is -0.428. The van der Waals surface area contributed by atoms with Gasteiger partial charge < -0.3 is 9.84 Å². The average Bonchev–Trinajstić information content (AvgIpc) is 2.80. The maximum Gasteiger partial charge on any atom is 0.301 e. The highest BCUT2D eigenvalue weighted by molar-refractivity contribution is 7.80. The van der Waals surface area contributed by atoms with E-state index in [1.54, 1.807) is 24.3 Å². The number of ether oxygens (including phenoxy) is 1. The molecule has 0 radical (unpaired) electrons. The fraction of sp³-hybridized carbons (Fsp3) is 0. The van der Waals surface area contributed by atoms with Crippen molar-refractivity contribution < 1.29 is 14.6 Å². The van der Waals surface area contributed by atoms with E-state index < -0.39 is 5.91 Å². The molecule has 1 aliphatic heterocycles. The second-order valence-corrected chi connectivity index (χ2v) is 6.43. The van der Waals surface area contributed by atoms with Crippen molar-refractivity contribution in [1.29, 1.82) is 0 Å². The number of carbonyl (C=O) groups excluding carboxylic acids is 1. The summed E-state index contributed by atoms with van der Waals surface area (Å²) in [7, 11) is 0. The smallest absolute Gasteiger partial charge is 0.301 e. The number of nitrogens with zero attached hydrogens (tertiary/aromatic N) is 1. The van der Waals surface area contributed by atoms with Crippen LogP contribution in [0.15, 0.2) is 42.2 Å². The fourth-order valence-electron chi connectivity index (χ4n) is 2.10. The standard InChI is InChI=1S/C16H8Cl3NO3S/c17-9-1-3-10(4-2-9)20-15(22)13(23-16(20)24)7-8-5-11(18)14(21)12(19)6-8/h1-7,21H. The third-order valence-electron chi connectivity index (χ3n) is 3.22. The molecule has 1 N–H and O–H groups in total. The van der Waals surface area contributed by atoms with E-state index in [-0.39, 0.29) is 26.7 Å². The number of amides is 1. The van der Waals surface area contributed by atoms with Crippen LogP contribution in [-0.2, 0) is 9.53 Å². The molecule has 8 heteroatoms. The van der Waals surface area contributed by atoms with Crippen LogP contribution in [0.3, 0.4) is 0 Å². The number of phenolic OH excluding ortho intramolecular Hbond substituents is 1. The van der Waals surface area contributed by atoms with Crippen molar-refractivity contribution in [3.8, 4) is 5.75 Å². The Balaban J connectivity index is 1.95. The van der Waals surface area contributed by atoms with E-state index in [2.05, 4.69) is 0 Å². The summed E-state index contributed by atoms with van der Waals surface area (Å²) in [5.41, 5.74) is 1.03. The van der Waals surface area contributed by atoms with Crippen molar-refractivity contribution >= 4 is 69.9 Å². The lowest BCUT2D eigenvalue weighted by Gasteiger charge is -2.11. The van der Waals surface area contributed by atoms with Crippen LogP contribution in [0, 0.1) is 0 Å². The van der Waals surface area contributed by atoms with E-state index in [1.807, 2.05) is 0 Å². The Labute approximate surface area is 157 Å². The van der Waals surface area contributed by atoms with Gasteiger partial charge in [-0.3, -0.25) is 4.79 Å². The van der Waals surface area contributed by atoms with Gasteiger partial charge in [0, 0.05) is 5.02 Å². The van der Waals surface area contributed by atoms with E-state index in [0.29, 0.717) is 16.3 Å². The zero-order valence-corrected chi connectivity index (χ0v) is 14.9. The molecule has 1 heterocycles. The lowest BCUT2D eigenvalue weighted by molar-refractivity contribution is -0.114. The first-order chi connectivity index (χ1) is 11.4. The van der Waals surface area contributed by atoms with E-state index in [9.17, 15) is 9.90 Å². The molecular formula is C16H8Cl3NO3S. The minimum Gasteiger partial charge on any atom is -0.505 e. The van der Waals surface area contributed by atoms with Crippen LogP contribution >= 0.6 is 47.0 Å². The number of anilines is 1. The predicted octanol–water partition coefficient (Wildman–Crippen LogP) is 5.04. The Kier molecular flexibility index (Phi) is 4.69. The largest absolute Gasteiger partial charge is 0.505 e. The van der Waals surface area contributed by atoms with Gasteiger partial charge in [0.1, 0.15) is 0 Å². The van der Waals surface area contributed by atoms with Gasteiger partial charge in [0.2, 0.25) is 0 Å². The Morgan fingerprint density at radius 3 is 2.25 bits per heavy atom. The molecule has 1 saturated heterocycles. The van der Waals surface area contributed by atoms with Gasteiger partial charge in [-0.05, 0) is 60.3 Å². The third-order valence-corrected chi connectivity index (χ3v) is 4.31. The zero-order chi connectivity index (χ0) is 17.4. The molecule has 0 atom stereocenters. The molecule has 3 rings (SSSR count). The summed E-state index contributed by atoms with van der Waals surface area (Å²) in [4.78, 5) is 13.8. The molecule has 0 unspecified atom stereocenters. The van der Waals surface area contributed by atoms with E-state index >= 15 is 0 Å². The number of carbonyl (C=O) groups is 1. The van der Waals surface area contributed by atoms with Crippen molar-refractivity contribution in [3.05, 3.63) is 62.8 Å². The lowest BCUT2D eigenvalue weighted by Crippen LogP contribution is -2.27. The van der Waals surface area contributed by atoms with Crippen LogP contribution in [0.2, 0.25) is 15.1 Å². The number of benzene rings is 2. The molecule has 1 amide bonds. The monoisotopic (exact) mass is 399 g/mol.